The van der Waals surface area contributed by atoms with Crippen LogP contribution in [-0.2, 0) is 11.3 Å². The van der Waals surface area contributed by atoms with Gasteiger partial charge in [-0.05, 0) is 19.4 Å². The van der Waals surface area contributed by atoms with Gasteiger partial charge < -0.3 is 10.1 Å². The number of nitrogens with one attached hydrogen (secondary N) is 1. The van der Waals surface area contributed by atoms with Crippen molar-refractivity contribution in [1.82, 2.24) is 5.32 Å². The van der Waals surface area contributed by atoms with E-state index in [1.807, 2.05) is 0 Å². The predicted molar refractivity (Wildman–Crippen MR) is 82.2 cm³/mol. The topological polar surface area (TPSA) is 21.3 Å². The Bertz CT molecular complexity index is 365. The number of rotatable bonds is 6. The van der Waals surface area contributed by atoms with Crippen LogP contribution in [-0.4, -0.2) is 27.3 Å². The molecule has 0 atom stereocenters. The molecule has 0 aliphatic heterocycles. The second-order valence-corrected chi connectivity index (χ2v) is 11.6. The molecule has 0 amide bonds. The third-order valence-electron chi connectivity index (χ3n) is 3.25. The standard InChI is InChI=1S/C15H27NOSi/c1-15(2,17-3)12-16-11-13-7-9-14(10-8-13)18(4,5)6/h7-10,16H,11-12H2,1-6H3. The number of methoxy groups -OCH3 is 1. The molecular weight excluding hydrogens is 238 g/mol. The summed E-state index contributed by atoms with van der Waals surface area (Å²) in [6.07, 6.45) is 0. The molecular formula is C15H27NOSi. The van der Waals surface area contributed by atoms with Gasteiger partial charge in [-0.15, -0.1) is 0 Å². The fourth-order valence-corrected chi connectivity index (χ4v) is 2.87. The van der Waals surface area contributed by atoms with Gasteiger partial charge in [0.25, 0.3) is 0 Å². The Labute approximate surface area is 113 Å². The van der Waals surface area contributed by atoms with Gasteiger partial charge in [0, 0.05) is 20.2 Å². The molecule has 3 heteroatoms. The molecule has 0 bridgehead atoms. The number of ether oxygens (including phenoxy) is 1. The largest absolute Gasteiger partial charge is 0.377 e. The highest BCUT2D eigenvalue weighted by Gasteiger charge is 2.16. The van der Waals surface area contributed by atoms with Gasteiger partial charge in [-0.1, -0.05) is 49.1 Å². The molecule has 0 saturated carbocycles. The Balaban J connectivity index is 2.50. The highest BCUT2D eigenvalue weighted by molar-refractivity contribution is 6.88. The van der Waals surface area contributed by atoms with Crippen LogP contribution in [0.2, 0.25) is 19.6 Å². The molecule has 1 aromatic carbocycles. The van der Waals surface area contributed by atoms with Gasteiger partial charge in [-0.25, -0.2) is 0 Å². The summed E-state index contributed by atoms with van der Waals surface area (Å²) in [5.74, 6) is 0. The Morgan fingerprint density at radius 3 is 2.11 bits per heavy atom. The zero-order valence-corrected chi connectivity index (χ0v) is 13.6. The van der Waals surface area contributed by atoms with Crippen molar-refractivity contribution in [3.8, 4) is 0 Å². The molecule has 0 radical (unpaired) electrons. The van der Waals surface area contributed by atoms with Crippen LogP contribution in [0.15, 0.2) is 24.3 Å². The van der Waals surface area contributed by atoms with Gasteiger partial charge in [0.15, 0.2) is 0 Å². The van der Waals surface area contributed by atoms with E-state index in [9.17, 15) is 0 Å². The molecule has 0 saturated heterocycles. The van der Waals surface area contributed by atoms with Crippen LogP contribution in [0.1, 0.15) is 19.4 Å². The second kappa shape index (κ2) is 6.00. The smallest absolute Gasteiger partial charge is 0.0775 e. The van der Waals surface area contributed by atoms with Crippen molar-refractivity contribution in [1.29, 1.82) is 0 Å². The first kappa shape index (κ1) is 15.4. The van der Waals surface area contributed by atoms with Gasteiger partial charge in [0.05, 0.1) is 13.7 Å². The van der Waals surface area contributed by atoms with E-state index in [0.29, 0.717) is 0 Å². The average molecular weight is 265 g/mol. The van der Waals surface area contributed by atoms with Crippen LogP contribution < -0.4 is 10.5 Å². The van der Waals surface area contributed by atoms with Gasteiger partial charge in [0.2, 0.25) is 0 Å². The molecule has 0 aromatic heterocycles. The minimum absolute atomic E-state index is 0.0989. The summed E-state index contributed by atoms with van der Waals surface area (Å²) in [7, 11) is 0.591. The summed E-state index contributed by atoms with van der Waals surface area (Å²) < 4.78 is 5.38. The zero-order chi connectivity index (χ0) is 13.8. The summed E-state index contributed by atoms with van der Waals surface area (Å²) in [5, 5.41) is 4.95. The maximum atomic E-state index is 5.38. The summed E-state index contributed by atoms with van der Waals surface area (Å²) in [6.45, 7) is 13.1. The van der Waals surface area contributed by atoms with E-state index in [1.165, 1.54) is 10.8 Å². The van der Waals surface area contributed by atoms with Crippen molar-refractivity contribution < 1.29 is 4.74 Å². The van der Waals surface area contributed by atoms with Crippen LogP contribution in [0.4, 0.5) is 0 Å². The molecule has 102 valence electrons. The molecule has 0 spiro atoms. The van der Waals surface area contributed by atoms with Gasteiger partial charge in [-0.3, -0.25) is 0 Å². The van der Waals surface area contributed by atoms with E-state index in [-0.39, 0.29) is 5.60 Å². The lowest BCUT2D eigenvalue weighted by molar-refractivity contribution is 0.0231. The predicted octanol–water partition coefficient (Wildman–Crippen LogP) is 2.75. The molecule has 1 rings (SSSR count). The number of hydrogen-bond donors (Lipinski definition) is 1. The van der Waals surface area contributed by atoms with Crippen LogP contribution in [0.25, 0.3) is 0 Å². The van der Waals surface area contributed by atoms with E-state index in [4.69, 9.17) is 4.74 Å². The third-order valence-corrected chi connectivity index (χ3v) is 5.32. The third kappa shape index (κ3) is 4.92. The monoisotopic (exact) mass is 265 g/mol. The first-order chi connectivity index (χ1) is 8.24. The van der Waals surface area contributed by atoms with Crippen molar-refractivity contribution in [3.63, 3.8) is 0 Å². The van der Waals surface area contributed by atoms with Gasteiger partial charge in [-0.2, -0.15) is 0 Å². The Kier molecular flexibility index (Phi) is 5.14. The van der Waals surface area contributed by atoms with E-state index in [0.717, 1.165) is 13.1 Å². The first-order valence-corrected chi connectivity index (χ1v) is 10.1. The molecule has 0 unspecified atom stereocenters. The van der Waals surface area contributed by atoms with Gasteiger partial charge in [0.1, 0.15) is 0 Å². The molecule has 0 aliphatic rings. The van der Waals surface area contributed by atoms with Crippen molar-refractivity contribution >= 4 is 13.3 Å². The van der Waals surface area contributed by atoms with Crippen molar-refractivity contribution in [3.05, 3.63) is 29.8 Å². The lowest BCUT2D eigenvalue weighted by Gasteiger charge is -2.23. The van der Waals surface area contributed by atoms with E-state index >= 15 is 0 Å². The summed E-state index contributed by atoms with van der Waals surface area (Å²) >= 11 is 0. The van der Waals surface area contributed by atoms with Crippen molar-refractivity contribution in [2.45, 2.75) is 45.6 Å². The first-order valence-electron chi connectivity index (χ1n) is 6.60. The lowest BCUT2D eigenvalue weighted by atomic mass is 10.1. The molecule has 2 nitrogen and oxygen atoms in total. The molecule has 0 aliphatic carbocycles. The molecule has 1 N–H and O–H groups in total. The van der Waals surface area contributed by atoms with Crippen LogP contribution in [0.5, 0.6) is 0 Å². The van der Waals surface area contributed by atoms with Crippen LogP contribution in [0.3, 0.4) is 0 Å². The SMILES string of the molecule is COC(C)(C)CNCc1ccc([Si](C)(C)C)cc1. The van der Waals surface area contributed by atoms with Crippen molar-refractivity contribution in [2.24, 2.45) is 0 Å². The Morgan fingerprint density at radius 2 is 1.67 bits per heavy atom. The van der Waals surface area contributed by atoms with E-state index < -0.39 is 8.07 Å². The Hall–Kier alpha value is -0.643. The lowest BCUT2D eigenvalue weighted by Crippen LogP contribution is -2.38. The molecule has 18 heavy (non-hydrogen) atoms. The normalized spacial score (nSPS) is 12.8. The summed E-state index contributed by atoms with van der Waals surface area (Å²) in [6, 6.07) is 9.04. The summed E-state index contributed by atoms with van der Waals surface area (Å²) in [4.78, 5) is 0. The molecule has 0 heterocycles. The fourth-order valence-electron chi connectivity index (χ4n) is 1.70. The average Bonchev–Trinajstić information content (AvgIpc) is 2.28. The fraction of sp³-hybridized carbons (Fsp3) is 0.600. The van der Waals surface area contributed by atoms with E-state index in [1.54, 1.807) is 7.11 Å². The molecule has 1 aromatic rings. The maximum Gasteiger partial charge on any atom is 0.0775 e. The zero-order valence-electron chi connectivity index (χ0n) is 12.6. The van der Waals surface area contributed by atoms with Crippen LogP contribution in [0, 0.1) is 0 Å². The highest BCUT2D eigenvalue weighted by Crippen LogP contribution is 2.07. The van der Waals surface area contributed by atoms with Gasteiger partial charge >= 0.3 is 0 Å². The van der Waals surface area contributed by atoms with Crippen molar-refractivity contribution in [2.75, 3.05) is 13.7 Å². The number of benzene rings is 1. The minimum Gasteiger partial charge on any atom is -0.377 e. The van der Waals surface area contributed by atoms with E-state index in [2.05, 4.69) is 63.1 Å². The number of hydrogen-bond acceptors (Lipinski definition) is 2. The maximum absolute atomic E-state index is 5.38. The molecule has 0 fully saturated rings. The highest BCUT2D eigenvalue weighted by atomic mass is 28.3. The minimum atomic E-state index is -1.16. The van der Waals surface area contributed by atoms with Crippen LogP contribution >= 0.6 is 0 Å². The Morgan fingerprint density at radius 1 is 1.11 bits per heavy atom. The quantitative estimate of drug-likeness (QED) is 0.799. The second-order valence-electron chi connectivity index (χ2n) is 6.51. The summed E-state index contributed by atoms with van der Waals surface area (Å²) in [5.41, 5.74) is 1.24.